The van der Waals surface area contributed by atoms with Crippen LogP contribution in [0, 0.1) is 5.82 Å². The minimum absolute atomic E-state index is 0.00307. The summed E-state index contributed by atoms with van der Waals surface area (Å²) in [7, 11) is 0. The molecule has 1 aliphatic heterocycles. The highest BCUT2D eigenvalue weighted by atomic mass is 32.2. The van der Waals surface area contributed by atoms with Crippen molar-refractivity contribution in [3.63, 3.8) is 0 Å². The van der Waals surface area contributed by atoms with Gasteiger partial charge in [-0.2, -0.15) is 13.2 Å². The van der Waals surface area contributed by atoms with Crippen molar-refractivity contribution in [2.45, 2.75) is 17.8 Å². The molecule has 0 radical (unpaired) electrons. The van der Waals surface area contributed by atoms with Crippen molar-refractivity contribution < 1.29 is 31.9 Å². The number of aromatic nitrogens is 2. The van der Waals surface area contributed by atoms with Gasteiger partial charge in [-0.1, -0.05) is 66.1 Å². The van der Waals surface area contributed by atoms with Crippen LogP contribution in [0.1, 0.15) is 22.3 Å². The van der Waals surface area contributed by atoms with Crippen molar-refractivity contribution >= 4 is 80.6 Å². The highest BCUT2D eigenvalue weighted by Gasteiger charge is 2.33. The van der Waals surface area contributed by atoms with E-state index in [1.54, 1.807) is 30.3 Å². The monoisotopic (exact) mass is 644 g/mol. The molecular weight excluding hydrogens is 625 g/mol. The van der Waals surface area contributed by atoms with Crippen LogP contribution in [-0.4, -0.2) is 48.8 Å². The van der Waals surface area contributed by atoms with E-state index in [4.69, 9.17) is 12.2 Å². The highest BCUT2D eigenvalue weighted by molar-refractivity contribution is 8.26. The van der Waals surface area contributed by atoms with Crippen LogP contribution < -0.4 is 5.32 Å². The van der Waals surface area contributed by atoms with E-state index < -0.39 is 29.4 Å². The minimum Gasteiger partial charge on any atom is -0.325 e. The average Bonchev–Trinajstić information content (AvgIpc) is 3.47. The molecule has 0 bridgehead atoms. The molecule has 14 heteroatoms. The number of hydrogen-bond donors (Lipinski definition) is 1. The summed E-state index contributed by atoms with van der Waals surface area (Å²) in [4.78, 5) is 45.2. The first-order chi connectivity index (χ1) is 20.5. The van der Waals surface area contributed by atoms with Gasteiger partial charge in [-0.05, 0) is 54.1 Å². The summed E-state index contributed by atoms with van der Waals surface area (Å²) in [6.45, 7) is -0.00307. The van der Waals surface area contributed by atoms with Crippen LogP contribution in [0.4, 0.5) is 23.2 Å². The molecule has 0 saturated carbocycles. The van der Waals surface area contributed by atoms with Gasteiger partial charge in [0.15, 0.2) is 5.16 Å². The van der Waals surface area contributed by atoms with E-state index in [1.165, 1.54) is 45.9 Å². The van der Waals surface area contributed by atoms with E-state index in [1.807, 2.05) is 0 Å². The first-order valence-corrected chi connectivity index (χ1v) is 14.8. The zero-order valence-electron chi connectivity index (χ0n) is 21.9. The largest absolute Gasteiger partial charge is 0.416 e. The number of nitrogens with zero attached hydrogens (tertiary/aromatic N) is 3. The molecule has 1 aromatic heterocycles. The molecular formula is C29H20F4N4O3S3. The Hall–Kier alpha value is -4.01. The average molecular weight is 645 g/mol. The van der Waals surface area contributed by atoms with Gasteiger partial charge < -0.3 is 5.32 Å². The third-order valence-electron chi connectivity index (χ3n) is 6.18. The van der Waals surface area contributed by atoms with Crippen LogP contribution in [0.2, 0.25) is 0 Å². The van der Waals surface area contributed by atoms with Crippen LogP contribution in [0.15, 0.2) is 82.9 Å². The van der Waals surface area contributed by atoms with Crippen molar-refractivity contribution in [3.8, 4) is 0 Å². The summed E-state index contributed by atoms with van der Waals surface area (Å²) in [5, 5.41) is 2.65. The van der Waals surface area contributed by atoms with Gasteiger partial charge in [-0.15, -0.1) is 0 Å². The van der Waals surface area contributed by atoms with E-state index in [0.29, 0.717) is 21.5 Å². The third-order valence-corrected chi connectivity index (χ3v) is 8.49. The number of hydrogen-bond acceptors (Lipinski definition) is 7. The Morgan fingerprint density at radius 3 is 2.53 bits per heavy atom. The van der Waals surface area contributed by atoms with E-state index in [2.05, 4.69) is 10.3 Å². The molecule has 2 heterocycles. The highest BCUT2D eigenvalue weighted by Crippen LogP contribution is 2.33. The number of benzene rings is 3. The summed E-state index contributed by atoms with van der Waals surface area (Å²) in [5.74, 6) is -1.98. The third kappa shape index (κ3) is 7.14. The van der Waals surface area contributed by atoms with E-state index in [0.717, 1.165) is 35.7 Å². The number of amides is 2. The van der Waals surface area contributed by atoms with Crippen molar-refractivity contribution in [2.24, 2.45) is 0 Å². The molecule has 1 fully saturated rings. The Morgan fingerprint density at radius 1 is 1.05 bits per heavy atom. The van der Waals surface area contributed by atoms with Crippen molar-refractivity contribution in [2.75, 3.05) is 17.6 Å². The molecule has 1 N–H and O–H groups in total. The number of fused-ring (bicyclic) bond motifs is 1. The Kier molecular flexibility index (Phi) is 8.99. The second kappa shape index (κ2) is 12.7. The van der Waals surface area contributed by atoms with Crippen LogP contribution in [0.25, 0.3) is 17.1 Å². The van der Waals surface area contributed by atoms with Gasteiger partial charge >= 0.3 is 6.18 Å². The SMILES string of the molecule is O=C(CSc1nc2ccccc2n1C(=O)CCN1C(=O)C(=Cc2ccc(F)cc2)SC1=S)Nc1cccc(C(F)(F)F)c1. The number of halogens is 4. The normalized spacial score (nSPS) is 14.6. The molecule has 0 spiro atoms. The van der Waals surface area contributed by atoms with Crippen molar-refractivity contribution in [1.29, 1.82) is 0 Å². The number of imidazole rings is 1. The Bertz CT molecular complexity index is 1770. The number of rotatable bonds is 8. The maximum Gasteiger partial charge on any atom is 0.416 e. The second-order valence-corrected chi connectivity index (χ2v) is 11.8. The van der Waals surface area contributed by atoms with E-state index >= 15 is 0 Å². The molecule has 1 saturated heterocycles. The molecule has 7 nitrogen and oxygen atoms in total. The predicted octanol–water partition coefficient (Wildman–Crippen LogP) is 6.86. The molecule has 0 aliphatic carbocycles. The van der Waals surface area contributed by atoms with Crippen molar-refractivity contribution in [3.05, 3.63) is 94.6 Å². The molecule has 43 heavy (non-hydrogen) atoms. The lowest BCUT2D eigenvalue weighted by Crippen LogP contribution is -2.31. The van der Waals surface area contributed by atoms with E-state index in [9.17, 15) is 31.9 Å². The number of carbonyl (C=O) groups excluding carboxylic acids is 3. The molecule has 1 aliphatic rings. The molecule has 5 rings (SSSR count). The molecule has 220 valence electrons. The molecule has 3 aromatic carbocycles. The zero-order chi connectivity index (χ0) is 30.7. The lowest BCUT2D eigenvalue weighted by molar-refractivity contribution is -0.137. The number of anilines is 1. The number of thiocarbonyl (C=S) groups is 1. The minimum atomic E-state index is -4.55. The van der Waals surface area contributed by atoms with Gasteiger partial charge in [0.1, 0.15) is 10.1 Å². The van der Waals surface area contributed by atoms with Gasteiger partial charge in [-0.25, -0.2) is 9.37 Å². The fraction of sp³-hybridized carbons (Fsp3) is 0.138. The number of carbonyl (C=O) groups is 3. The number of para-hydroxylation sites is 2. The molecule has 4 aromatic rings. The van der Waals surface area contributed by atoms with Gasteiger partial charge in [0, 0.05) is 18.7 Å². The Morgan fingerprint density at radius 2 is 1.79 bits per heavy atom. The van der Waals surface area contributed by atoms with Gasteiger partial charge in [-0.3, -0.25) is 23.9 Å². The fourth-order valence-corrected chi connectivity index (χ4v) is 6.30. The summed E-state index contributed by atoms with van der Waals surface area (Å²) in [5.41, 5.74) is 0.723. The van der Waals surface area contributed by atoms with Crippen LogP contribution in [-0.2, 0) is 15.8 Å². The molecule has 0 atom stereocenters. The maximum absolute atomic E-state index is 13.4. The van der Waals surface area contributed by atoms with Crippen LogP contribution in [0.3, 0.4) is 0 Å². The van der Waals surface area contributed by atoms with Gasteiger partial charge in [0.2, 0.25) is 11.8 Å². The number of alkyl halides is 3. The predicted molar refractivity (Wildman–Crippen MR) is 162 cm³/mol. The lowest BCUT2D eigenvalue weighted by atomic mass is 10.2. The summed E-state index contributed by atoms with van der Waals surface area (Å²) in [6.07, 6.45) is -3.06. The summed E-state index contributed by atoms with van der Waals surface area (Å²) >= 11 is 7.40. The van der Waals surface area contributed by atoms with Crippen LogP contribution in [0.5, 0.6) is 0 Å². The maximum atomic E-state index is 13.4. The lowest BCUT2D eigenvalue weighted by Gasteiger charge is -2.15. The Balaban J connectivity index is 1.27. The summed E-state index contributed by atoms with van der Waals surface area (Å²) < 4.78 is 53.9. The van der Waals surface area contributed by atoms with Gasteiger partial charge in [0.25, 0.3) is 5.91 Å². The fourth-order valence-electron chi connectivity index (χ4n) is 4.16. The second-order valence-electron chi connectivity index (χ2n) is 9.16. The van der Waals surface area contributed by atoms with Crippen LogP contribution >= 0.6 is 35.7 Å². The molecule has 0 unspecified atom stereocenters. The van der Waals surface area contributed by atoms with E-state index in [-0.39, 0.29) is 39.8 Å². The summed E-state index contributed by atoms with van der Waals surface area (Å²) in [6, 6.07) is 16.8. The first-order valence-electron chi connectivity index (χ1n) is 12.6. The standard InChI is InChI=1S/C29H20F4N4O3S3/c30-19-10-8-17(9-11-19)14-23-26(40)36(28(41)43-23)13-12-25(39)37-22-7-2-1-6-21(22)35-27(37)42-16-24(38)34-20-5-3-4-18(15-20)29(31,32)33/h1-11,14-15H,12-13,16H2,(H,34,38). The smallest absolute Gasteiger partial charge is 0.325 e. The van der Waals surface area contributed by atoms with Gasteiger partial charge in [0.05, 0.1) is 27.3 Å². The number of nitrogens with one attached hydrogen (secondary N) is 1. The van der Waals surface area contributed by atoms with Crippen molar-refractivity contribution in [1.82, 2.24) is 14.5 Å². The first kappa shape index (κ1) is 30.4. The number of thioether (sulfide) groups is 2. The molecule has 2 amide bonds. The topological polar surface area (TPSA) is 84.3 Å². The zero-order valence-corrected chi connectivity index (χ0v) is 24.4. The Labute approximate surface area is 256 Å². The quantitative estimate of drug-likeness (QED) is 0.0972.